The first-order valence-corrected chi connectivity index (χ1v) is 5.41. The van der Waals surface area contributed by atoms with Crippen molar-refractivity contribution in [2.24, 2.45) is 7.05 Å². The Morgan fingerprint density at radius 1 is 1.50 bits per heavy atom. The Labute approximate surface area is 94.3 Å². The van der Waals surface area contributed by atoms with Crippen LogP contribution in [0.1, 0.15) is 23.7 Å². The van der Waals surface area contributed by atoms with Gasteiger partial charge in [0.2, 0.25) is 0 Å². The molecule has 84 valence electrons. The van der Waals surface area contributed by atoms with Crippen LogP contribution in [0.3, 0.4) is 0 Å². The number of aryl methyl sites for hydroxylation is 1. The molecule has 4 heteroatoms. The molecule has 16 heavy (non-hydrogen) atoms. The number of benzene rings is 1. The van der Waals surface area contributed by atoms with Crippen molar-refractivity contribution < 1.29 is 4.79 Å². The van der Waals surface area contributed by atoms with Gasteiger partial charge in [-0.05, 0) is 24.6 Å². The second-order valence-corrected chi connectivity index (χ2v) is 3.81. The topological polar surface area (TPSA) is 46.9 Å². The summed E-state index contributed by atoms with van der Waals surface area (Å²) in [5, 5.41) is 2.86. The number of aromatic nitrogens is 2. The molecule has 2 aromatic rings. The van der Waals surface area contributed by atoms with Crippen molar-refractivity contribution in [1.82, 2.24) is 14.9 Å². The molecule has 0 bridgehead atoms. The molecule has 1 N–H and O–H groups in total. The number of hydrogen-bond donors (Lipinski definition) is 1. The highest BCUT2D eigenvalue weighted by atomic mass is 16.1. The van der Waals surface area contributed by atoms with Gasteiger partial charge in [-0.2, -0.15) is 0 Å². The third kappa shape index (κ3) is 1.91. The first-order valence-electron chi connectivity index (χ1n) is 5.41. The second kappa shape index (κ2) is 4.35. The third-order valence-electron chi connectivity index (χ3n) is 2.52. The predicted octanol–water partition coefficient (Wildman–Crippen LogP) is 1.71. The largest absolute Gasteiger partial charge is 0.352 e. The van der Waals surface area contributed by atoms with E-state index in [1.165, 1.54) is 0 Å². The highest BCUT2D eigenvalue weighted by Gasteiger charge is 2.07. The average molecular weight is 217 g/mol. The third-order valence-corrected chi connectivity index (χ3v) is 2.52. The van der Waals surface area contributed by atoms with Gasteiger partial charge in [0.15, 0.2) is 0 Å². The molecule has 1 aromatic carbocycles. The average Bonchev–Trinajstić information content (AvgIpc) is 2.67. The van der Waals surface area contributed by atoms with E-state index < -0.39 is 0 Å². The maximum absolute atomic E-state index is 11.7. The minimum absolute atomic E-state index is 0.0232. The van der Waals surface area contributed by atoms with Crippen LogP contribution in [0.4, 0.5) is 0 Å². The zero-order chi connectivity index (χ0) is 11.5. The van der Waals surface area contributed by atoms with Crippen LogP contribution in [-0.2, 0) is 7.05 Å². The summed E-state index contributed by atoms with van der Waals surface area (Å²) in [7, 11) is 1.92. The standard InChI is InChI=1S/C12H15N3O/c1-3-6-13-12(16)9-4-5-10-11(7-9)15(2)8-14-10/h4-5,7-8H,3,6H2,1-2H3,(H,13,16). The van der Waals surface area contributed by atoms with E-state index in [9.17, 15) is 4.79 Å². The summed E-state index contributed by atoms with van der Waals surface area (Å²) in [5.41, 5.74) is 2.57. The van der Waals surface area contributed by atoms with Crippen molar-refractivity contribution in [2.75, 3.05) is 6.54 Å². The summed E-state index contributed by atoms with van der Waals surface area (Å²) in [6, 6.07) is 5.55. The first kappa shape index (κ1) is 10.7. The monoisotopic (exact) mass is 217 g/mol. The molecule has 4 nitrogen and oxygen atoms in total. The fourth-order valence-electron chi connectivity index (χ4n) is 1.61. The quantitative estimate of drug-likeness (QED) is 0.850. The van der Waals surface area contributed by atoms with Gasteiger partial charge in [0.1, 0.15) is 0 Å². The van der Waals surface area contributed by atoms with E-state index in [0.717, 1.165) is 17.5 Å². The van der Waals surface area contributed by atoms with Crippen molar-refractivity contribution >= 4 is 16.9 Å². The maximum Gasteiger partial charge on any atom is 0.251 e. The number of nitrogens with one attached hydrogen (secondary N) is 1. The number of hydrogen-bond acceptors (Lipinski definition) is 2. The molecule has 1 heterocycles. The van der Waals surface area contributed by atoms with Gasteiger partial charge in [0.25, 0.3) is 5.91 Å². The van der Waals surface area contributed by atoms with Crippen LogP contribution >= 0.6 is 0 Å². The lowest BCUT2D eigenvalue weighted by molar-refractivity contribution is 0.0954. The molecule has 0 unspecified atom stereocenters. The predicted molar refractivity (Wildman–Crippen MR) is 63.3 cm³/mol. The molecule has 0 radical (unpaired) electrons. The summed E-state index contributed by atoms with van der Waals surface area (Å²) in [6.45, 7) is 2.74. The van der Waals surface area contributed by atoms with E-state index in [0.29, 0.717) is 12.1 Å². The molecule has 1 amide bonds. The Kier molecular flexibility index (Phi) is 2.90. The Bertz CT molecular complexity index is 516. The number of carbonyl (C=O) groups excluding carboxylic acids is 1. The highest BCUT2D eigenvalue weighted by molar-refractivity contribution is 5.97. The molecular formula is C12H15N3O. The number of rotatable bonds is 3. The Balaban J connectivity index is 2.31. The molecule has 0 saturated heterocycles. The molecule has 0 fully saturated rings. The smallest absolute Gasteiger partial charge is 0.251 e. The van der Waals surface area contributed by atoms with Crippen LogP contribution in [0.2, 0.25) is 0 Å². The minimum Gasteiger partial charge on any atom is -0.352 e. The van der Waals surface area contributed by atoms with Crippen LogP contribution < -0.4 is 5.32 Å². The number of fused-ring (bicyclic) bond motifs is 1. The normalized spacial score (nSPS) is 10.6. The van der Waals surface area contributed by atoms with E-state index in [4.69, 9.17) is 0 Å². The Morgan fingerprint density at radius 3 is 3.06 bits per heavy atom. The van der Waals surface area contributed by atoms with E-state index in [2.05, 4.69) is 10.3 Å². The zero-order valence-electron chi connectivity index (χ0n) is 9.53. The number of amides is 1. The molecule has 2 rings (SSSR count). The van der Waals surface area contributed by atoms with E-state index >= 15 is 0 Å². The van der Waals surface area contributed by atoms with Gasteiger partial charge < -0.3 is 9.88 Å². The van der Waals surface area contributed by atoms with Crippen molar-refractivity contribution in [3.05, 3.63) is 30.1 Å². The molecule has 0 spiro atoms. The van der Waals surface area contributed by atoms with Crippen LogP contribution in [0, 0.1) is 0 Å². The van der Waals surface area contributed by atoms with Crippen LogP contribution in [0.5, 0.6) is 0 Å². The molecule has 0 aliphatic rings. The van der Waals surface area contributed by atoms with Gasteiger partial charge in [0.05, 0.1) is 17.4 Å². The van der Waals surface area contributed by atoms with Crippen LogP contribution in [0.15, 0.2) is 24.5 Å². The molecule has 0 saturated carbocycles. The zero-order valence-corrected chi connectivity index (χ0v) is 9.53. The van der Waals surface area contributed by atoms with Crippen molar-refractivity contribution in [1.29, 1.82) is 0 Å². The molecule has 1 aromatic heterocycles. The Morgan fingerprint density at radius 2 is 2.31 bits per heavy atom. The number of imidazole rings is 1. The lowest BCUT2D eigenvalue weighted by Crippen LogP contribution is -2.23. The van der Waals surface area contributed by atoms with Crippen molar-refractivity contribution in [2.45, 2.75) is 13.3 Å². The van der Waals surface area contributed by atoms with Crippen molar-refractivity contribution in [3.8, 4) is 0 Å². The molecular weight excluding hydrogens is 202 g/mol. The molecule has 0 aliphatic carbocycles. The number of nitrogens with zero attached hydrogens (tertiary/aromatic N) is 2. The van der Waals surface area contributed by atoms with Gasteiger partial charge >= 0.3 is 0 Å². The molecule has 0 aliphatic heterocycles. The van der Waals surface area contributed by atoms with Gasteiger partial charge in [-0.1, -0.05) is 6.92 Å². The van der Waals surface area contributed by atoms with Gasteiger partial charge in [-0.15, -0.1) is 0 Å². The summed E-state index contributed by atoms with van der Waals surface area (Å²) in [5.74, 6) is -0.0232. The Hall–Kier alpha value is -1.84. The van der Waals surface area contributed by atoms with Gasteiger partial charge in [0, 0.05) is 19.2 Å². The van der Waals surface area contributed by atoms with Crippen LogP contribution in [-0.4, -0.2) is 22.0 Å². The van der Waals surface area contributed by atoms with Crippen molar-refractivity contribution in [3.63, 3.8) is 0 Å². The van der Waals surface area contributed by atoms with E-state index in [-0.39, 0.29) is 5.91 Å². The second-order valence-electron chi connectivity index (χ2n) is 3.81. The van der Waals surface area contributed by atoms with Gasteiger partial charge in [-0.25, -0.2) is 4.98 Å². The fourth-order valence-corrected chi connectivity index (χ4v) is 1.61. The minimum atomic E-state index is -0.0232. The lowest BCUT2D eigenvalue weighted by Gasteiger charge is -2.03. The first-order chi connectivity index (χ1) is 7.72. The fraction of sp³-hybridized carbons (Fsp3) is 0.333. The molecule has 0 atom stereocenters. The van der Waals surface area contributed by atoms with E-state index in [1.54, 1.807) is 12.4 Å². The van der Waals surface area contributed by atoms with Gasteiger partial charge in [-0.3, -0.25) is 4.79 Å². The summed E-state index contributed by atoms with van der Waals surface area (Å²) in [4.78, 5) is 16.0. The summed E-state index contributed by atoms with van der Waals surface area (Å²) in [6.07, 6.45) is 2.69. The SMILES string of the molecule is CCCNC(=O)c1ccc2ncn(C)c2c1. The van der Waals surface area contributed by atoms with E-state index in [1.807, 2.05) is 30.7 Å². The number of carbonyl (C=O) groups is 1. The van der Waals surface area contributed by atoms with Crippen LogP contribution in [0.25, 0.3) is 11.0 Å². The highest BCUT2D eigenvalue weighted by Crippen LogP contribution is 2.13. The summed E-state index contributed by atoms with van der Waals surface area (Å²) >= 11 is 0. The summed E-state index contributed by atoms with van der Waals surface area (Å²) < 4.78 is 1.91. The lowest BCUT2D eigenvalue weighted by atomic mass is 10.2. The maximum atomic E-state index is 11.7.